The summed E-state index contributed by atoms with van der Waals surface area (Å²) in [7, 11) is 0. The van der Waals surface area contributed by atoms with Gasteiger partial charge in [-0.1, -0.05) is 30.7 Å². The van der Waals surface area contributed by atoms with E-state index in [0.717, 1.165) is 35.9 Å². The first-order valence-electron chi connectivity index (χ1n) is 6.35. The lowest BCUT2D eigenvalue weighted by Crippen LogP contribution is -2.07. The van der Waals surface area contributed by atoms with E-state index in [1.807, 2.05) is 31.2 Å². The standard InChI is InChI=1S/C14H17ClN4/c1-3-10-13(16-4-2)17-9-18-14(10)19-12-8-6-5-7-11(12)15/h5-9H,3-4H2,1-2H3,(H2,16,17,18,19). The van der Waals surface area contributed by atoms with Gasteiger partial charge < -0.3 is 10.6 Å². The number of benzene rings is 1. The zero-order valence-corrected chi connectivity index (χ0v) is 11.8. The molecule has 0 aliphatic heterocycles. The topological polar surface area (TPSA) is 49.8 Å². The van der Waals surface area contributed by atoms with Crippen molar-refractivity contribution in [2.75, 3.05) is 17.2 Å². The van der Waals surface area contributed by atoms with Gasteiger partial charge in [0.05, 0.1) is 10.7 Å². The van der Waals surface area contributed by atoms with E-state index in [-0.39, 0.29) is 0 Å². The first-order chi connectivity index (χ1) is 9.26. The van der Waals surface area contributed by atoms with Gasteiger partial charge in [-0.25, -0.2) is 9.97 Å². The summed E-state index contributed by atoms with van der Waals surface area (Å²) in [5.41, 5.74) is 1.91. The summed E-state index contributed by atoms with van der Waals surface area (Å²) >= 11 is 6.15. The number of aromatic nitrogens is 2. The molecular weight excluding hydrogens is 260 g/mol. The van der Waals surface area contributed by atoms with Crippen molar-refractivity contribution < 1.29 is 0 Å². The monoisotopic (exact) mass is 276 g/mol. The highest BCUT2D eigenvalue weighted by Crippen LogP contribution is 2.27. The van der Waals surface area contributed by atoms with Crippen molar-refractivity contribution in [1.82, 2.24) is 9.97 Å². The second kappa shape index (κ2) is 6.38. The van der Waals surface area contributed by atoms with Gasteiger partial charge >= 0.3 is 0 Å². The SMILES string of the molecule is CCNc1ncnc(Nc2ccccc2Cl)c1CC. The fraction of sp³-hybridized carbons (Fsp3) is 0.286. The highest BCUT2D eigenvalue weighted by atomic mass is 35.5. The predicted octanol–water partition coefficient (Wildman–Crippen LogP) is 3.87. The second-order valence-electron chi connectivity index (χ2n) is 4.04. The van der Waals surface area contributed by atoms with Crippen LogP contribution in [-0.2, 0) is 6.42 Å². The molecule has 5 heteroatoms. The van der Waals surface area contributed by atoms with E-state index >= 15 is 0 Å². The number of nitrogens with zero attached hydrogens (tertiary/aromatic N) is 2. The Balaban J connectivity index is 2.35. The highest BCUT2D eigenvalue weighted by Gasteiger charge is 2.10. The van der Waals surface area contributed by atoms with Crippen LogP contribution in [0.25, 0.3) is 0 Å². The summed E-state index contributed by atoms with van der Waals surface area (Å²) in [4.78, 5) is 8.58. The summed E-state index contributed by atoms with van der Waals surface area (Å²) in [6, 6.07) is 7.61. The van der Waals surface area contributed by atoms with Crippen molar-refractivity contribution in [1.29, 1.82) is 0 Å². The van der Waals surface area contributed by atoms with Gasteiger partial charge in [0.15, 0.2) is 0 Å². The van der Waals surface area contributed by atoms with Gasteiger partial charge in [-0.05, 0) is 25.5 Å². The number of hydrogen-bond donors (Lipinski definition) is 2. The van der Waals surface area contributed by atoms with E-state index in [4.69, 9.17) is 11.6 Å². The molecule has 0 aliphatic carbocycles. The number of nitrogens with one attached hydrogen (secondary N) is 2. The van der Waals surface area contributed by atoms with E-state index in [2.05, 4.69) is 27.5 Å². The lowest BCUT2D eigenvalue weighted by molar-refractivity contribution is 1.03. The molecule has 1 aromatic carbocycles. The molecule has 0 aliphatic rings. The minimum absolute atomic E-state index is 0.674. The van der Waals surface area contributed by atoms with Gasteiger partial charge in [0.25, 0.3) is 0 Å². The molecular formula is C14H17ClN4. The molecule has 19 heavy (non-hydrogen) atoms. The van der Waals surface area contributed by atoms with Crippen LogP contribution in [0.5, 0.6) is 0 Å². The zero-order valence-electron chi connectivity index (χ0n) is 11.1. The predicted molar refractivity (Wildman–Crippen MR) is 80.3 cm³/mol. The van der Waals surface area contributed by atoms with Crippen molar-refractivity contribution in [3.8, 4) is 0 Å². The van der Waals surface area contributed by atoms with Crippen molar-refractivity contribution in [3.05, 3.63) is 41.2 Å². The van der Waals surface area contributed by atoms with Crippen LogP contribution in [-0.4, -0.2) is 16.5 Å². The number of anilines is 3. The fourth-order valence-electron chi connectivity index (χ4n) is 1.86. The maximum Gasteiger partial charge on any atom is 0.139 e. The Kier molecular flexibility index (Phi) is 4.58. The average Bonchev–Trinajstić information content (AvgIpc) is 2.42. The summed E-state index contributed by atoms with van der Waals surface area (Å²) in [6.07, 6.45) is 2.40. The van der Waals surface area contributed by atoms with Gasteiger partial charge in [0.2, 0.25) is 0 Å². The van der Waals surface area contributed by atoms with Crippen molar-refractivity contribution in [2.45, 2.75) is 20.3 Å². The quantitative estimate of drug-likeness (QED) is 0.870. The van der Waals surface area contributed by atoms with E-state index in [1.54, 1.807) is 6.33 Å². The Hall–Kier alpha value is -1.81. The summed E-state index contributed by atoms with van der Waals surface area (Å²) in [5, 5.41) is 7.19. The molecule has 0 amide bonds. The Morgan fingerprint density at radius 1 is 1.11 bits per heavy atom. The number of rotatable bonds is 5. The van der Waals surface area contributed by atoms with Crippen LogP contribution in [0, 0.1) is 0 Å². The third-order valence-electron chi connectivity index (χ3n) is 2.77. The van der Waals surface area contributed by atoms with Gasteiger partial charge in [0.1, 0.15) is 18.0 Å². The Bertz CT molecular complexity index is 557. The first-order valence-corrected chi connectivity index (χ1v) is 6.73. The van der Waals surface area contributed by atoms with E-state index in [0.29, 0.717) is 5.02 Å². The molecule has 0 unspecified atom stereocenters. The Labute approximate surface area is 118 Å². The first kappa shape index (κ1) is 13.6. The Morgan fingerprint density at radius 2 is 1.84 bits per heavy atom. The zero-order chi connectivity index (χ0) is 13.7. The van der Waals surface area contributed by atoms with Crippen LogP contribution in [0.4, 0.5) is 17.3 Å². The normalized spacial score (nSPS) is 10.3. The molecule has 1 aromatic heterocycles. The van der Waals surface area contributed by atoms with E-state index in [1.165, 1.54) is 0 Å². The molecule has 2 aromatic rings. The van der Waals surface area contributed by atoms with Gasteiger partial charge in [-0.2, -0.15) is 0 Å². The molecule has 100 valence electrons. The molecule has 0 saturated heterocycles. The number of para-hydroxylation sites is 1. The van der Waals surface area contributed by atoms with Gasteiger partial charge in [-0.3, -0.25) is 0 Å². The summed E-state index contributed by atoms with van der Waals surface area (Å²) in [5.74, 6) is 1.66. The summed E-state index contributed by atoms with van der Waals surface area (Å²) in [6.45, 7) is 4.95. The molecule has 2 rings (SSSR count). The molecule has 4 nitrogen and oxygen atoms in total. The maximum atomic E-state index is 6.15. The van der Waals surface area contributed by atoms with Crippen molar-refractivity contribution >= 4 is 28.9 Å². The molecule has 1 heterocycles. The molecule has 2 N–H and O–H groups in total. The molecule has 0 bridgehead atoms. The summed E-state index contributed by atoms with van der Waals surface area (Å²) < 4.78 is 0. The largest absolute Gasteiger partial charge is 0.370 e. The van der Waals surface area contributed by atoms with Crippen LogP contribution < -0.4 is 10.6 Å². The van der Waals surface area contributed by atoms with Gasteiger partial charge in [0, 0.05) is 12.1 Å². The van der Waals surface area contributed by atoms with Crippen LogP contribution in [0.2, 0.25) is 5.02 Å². The number of hydrogen-bond acceptors (Lipinski definition) is 4. The van der Waals surface area contributed by atoms with Gasteiger partial charge in [-0.15, -0.1) is 0 Å². The maximum absolute atomic E-state index is 6.15. The minimum atomic E-state index is 0.674. The lowest BCUT2D eigenvalue weighted by atomic mass is 10.2. The Morgan fingerprint density at radius 3 is 2.53 bits per heavy atom. The average molecular weight is 277 g/mol. The van der Waals surface area contributed by atoms with Crippen LogP contribution >= 0.6 is 11.6 Å². The third kappa shape index (κ3) is 3.15. The molecule has 0 fully saturated rings. The smallest absolute Gasteiger partial charge is 0.139 e. The third-order valence-corrected chi connectivity index (χ3v) is 3.10. The van der Waals surface area contributed by atoms with Crippen molar-refractivity contribution in [3.63, 3.8) is 0 Å². The second-order valence-corrected chi connectivity index (χ2v) is 4.45. The minimum Gasteiger partial charge on any atom is -0.370 e. The highest BCUT2D eigenvalue weighted by molar-refractivity contribution is 6.33. The van der Waals surface area contributed by atoms with E-state index in [9.17, 15) is 0 Å². The lowest BCUT2D eigenvalue weighted by Gasteiger charge is -2.14. The fourth-order valence-corrected chi connectivity index (χ4v) is 2.05. The molecule has 0 atom stereocenters. The van der Waals surface area contributed by atoms with E-state index < -0.39 is 0 Å². The van der Waals surface area contributed by atoms with Crippen LogP contribution in [0.3, 0.4) is 0 Å². The number of halogens is 1. The molecule has 0 radical (unpaired) electrons. The van der Waals surface area contributed by atoms with Crippen LogP contribution in [0.1, 0.15) is 19.4 Å². The molecule has 0 saturated carbocycles. The molecule has 0 spiro atoms. The van der Waals surface area contributed by atoms with Crippen LogP contribution in [0.15, 0.2) is 30.6 Å². The van der Waals surface area contributed by atoms with Crippen molar-refractivity contribution in [2.24, 2.45) is 0 Å².